The number of nitrogens with zero attached hydrogens (tertiary/aromatic N) is 2. The Kier molecular flexibility index (Phi) is 4.54. The van der Waals surface area contributed by atoms with Gasteiger partial charge in [-0.15, -0.1) is 0 Å². The normalized spacial score (nSPS) is 20.5. The van der Waals surface area contributed by atoms with Crippen molar-refractivity contribution in [2.24, 2.45) is 0 Å². The lowest BCUT2D eigenvalue weighted by molar-refractivity contribution is -0.141. The summed E-state index contributed by atoms with van der Waals surface area (Å²) in [6.45, 7) is 1.60. The van der Waals surface area contributed by atoms with E-state index in [0.717, 1.165) is 4.90 Å². The van der Waals surface area contributed by atoms with Gasteiger partial charge in [0.05, 0.1) is 16.7 Å². The number of likely N-dealkylation sites (tertiary alicyclic amines) is 1. The molecular formula is C14H14ClN3O4. The Labute approximate surface area is 131 Å². The summed E-state index contributed by atoms with van der Waals surface area (Å²) in [6.07, 6.45) is -0.868. The van der Waals surface area contributed by atoms with E-state index >= 15 is 0 Å². The van der Waals surface area contributed by atoms with Crippen LogP contribution in [0.4, 0.5) is 10.5 Å². The highest BCUT2D eigenvalue weighted by atomic mass is 35.5. The molecule has 2 atom stereocenters. The first-order valence-corrected chi connectivity index (χ1v) is 6.90. The van der Waals surface area contributed by atoms with E-state index in [1.807, 2.05) is 6.07 Å². The molecule has 7 nitrogen and oxygen atoms in total. The molecule has 2 amide bonds. The predicted molar refractivity (Wildman–Crippen MR) is 78.7 cm³/mol. The second kappa shape index (κ2) is 6.22. The maximum atomic E-state index is 12.2. The number of halogens is 1. The van der Waals surface area contributed by atoms with Crippen molar-refractivity contribution < 1.29 is 19.8 Å². The topological polar surface area (TPSA) is 114 Å². The zero-order valence-corrected chi connectivity index (χ0v) is 12.5. The molecule has 1 aromatic rings. The second-order valence-corrected chi connectivity index (χ2v) is 5.42. The van der Waals surface area contributed by atoms with Gasteiger partial charge in [-0.25, -0.2) is 9.59 Å². The molecule has 8 heteroatoms. The minimum Gasteiger partial charge on any atom is -0.480 e. The molecule has 0 saturated carbocycles. The summed E-state index contributed by atoms with van der Waals surface area (Å²) in [4.78, 5) is 24.4. The van der Waals surface area contributed by atoms with Gasteiger partial charge in [-0.2, -0.15) is 5.26 Å². The number of nitriles is 1. The van der Waals surface area contributed by atoms with Gasteiger partial charge in [0.25, 0.3) is 0 Å². The van der Waals surface area contributed by atoms with E-state index < -0.39 is 24.1 Å². The molecule has 0 unspecified atom stereocenters. The maximum Gasteiger partial charge on any atom is 0.326 e. The number of carboxylic acids is 1. The molecule has 2 rings (SSSR count). The lowest BCUT2D eigenvalue weighted by atomic mass is 10.1. The fourth-order valence-corrected chi connectivity index (χ4v) is 2.57. The van der Waals surface area contributed by atoms with Crippen LogP contribution in [0.5, 0.6) is 0 Å². The molecule has 1 aliphatic heterocycles. The van der Waals surface area contributed by atoms with Gasteiger partial charge in [-0.05, 0) is 24.6 Å². The van der Waals surface area contributed by atoms with E-state index in [4.69, 9.17) is 22.0 Å². The van der Waals surface area contributed by atoms with Gasteiger partial charge in [0, 0.05) is 18.7 Å². The molecule has 1 fully saturated rings. The number of amides is 2. The van der Waals surface area contributed by atoms with Crippen LogP contribution in [-0.4, -0.2) is 45.8 Å². The highest BCUT2D eigenvalue weighted by Gasteiger charge is 2.39. The third-order valence-electron chi connectivity index (χ3n) is 3.57. The highest BCUT2D eigenvalue weighted by molar-refractivity contribution is 6.33. The molecule has 1 saturated heterocycles. The van der Waals surface area contributed by atoms with Crippen molar-refractivity contribution in [3.05, 3.63) is 28.3 Å². The SMILES string of the molecule is Cc1c(NC(=O)N2C[C@H](O)C[C@H]2C(=O)O)ccc(C#N)c1Cl. The number of carbonyl (C=O) groups excluding carboxylic acids is 1. The number of carboxylic acid groups (broad SMARTS) is 1. The molecule has 3 N–H and O–H groups in total. The van der Waals surface area contributed by atoms with Crippen LogP contribution in [0.3, 0.4) is 0 Å². The first-order valence-electron chi connectivity index (χ1n) is 6.52. The lowest BCUT2D eigenvalue weighted by Crippen LogP contribution is -2.43. The van der Waals surface area contributed by atoms with Crippen LogP contribution >= 0.6 is 11.6 Å². The summed E-state index contributed by atoms with van der Waals surface area (Å²) in [5, 5.41) is 30.3. The van der Waals surface area contributed by atoms with Crippen molar-refractivity contribution in [2.45, 2.75) is 25.5 Å². The van der Waals surface area contributed by atoms with Crippen LogP contribution in [0.25, 0.3) is 0 Å². The molecular weight excluding hydrogens is 310 g/mol. The summed E-state index contributed by atoms with van der Waals surface area (Å²) < 4.78 is 0. The Bertz CT molecular complexity index is 671. The first-order chi connectivity index (χ1) is 10.3. The number of aliphatic hydroxyl groups excluding tert-OH is 1. The molecule has 0 aliphatic carbocycles. The van der Waals surface area contributed by atoms with E-state index in [1.165, 1.54) is 12.1 Å². The quantitative estimate of drug-likeness (QED) is 0.764. The number of hydrogen-bond acceptors (Lipinski definition) is 4. The number of rotatable bonds is 2. The Morgan fingerprint density at radius 1 is 1.50 bits per heavy atom. The van der Waals surface area contributed by atoms with E-state index in [-0.39, 0.29) is 23.6 Å². The van der Waals surface area contributed by atoms with E-state index in [9.17, 15) is 14.7 Å². The van der Waals surface area contributed by atoms with Gasteiger partial charge in [-0.3, -0.25) is 0 Å². The molecule has 0 bridgehead atoms. The van der Waals surface area contributed by atoms with E-state index in [0.29, 0.717) is 11.3 Å². The van der Waals surface area contributed by atoms with Crippen LogP contribution in [0, 0.1) is 18.3 Å². The largest absolute Gasteiger partial charge is 0.480 e. The van der Waals surface area contributed by atoms with Crippen molar-refractivity contribution in [3.63, 3.8) is 0 Å². The van der Waals surface area contributed by atoms with Crippen LogP contribution in [0.2, 0.25) is 5.02 Å². The zero-order valence-electron chi connectivity index (χ0n) is 11.7. The number of nitrogens with one attached hydrogen (secondary N) is 1. The molecule has 1 heterocycles. The van der Waals surface area contributed by atoms with Crippen molar-refractivity contribution in [2.75, 3.05) is 11.9 Å². The molecule has 0 radical (unpaired) electrons. The Hall–Kier alpha value is -2.30. The number of urea groups is 1. The summed E-state index contributed by atoms with van der Waals surface area (Å²) in [5.41, 5.74) is 1.19. The van der Waals surface area contributed by atoms with Crippen LogP contribution in [0.15, 0.2) is 12.1 Å². The minimum atomic E-state index is -1.17. The summed E-state index contributed by atoms with van der Waals surface area (Å²) >= 11 is 6.02. The third-order valence-corrected chi connectivity index (χ3v) is 4.06. The van der Waals surface area contributed by atoms with Crippen LogP contribution < -0.4 is 5.32 Å². The van der Waals surface area contributed by atoms with Crippen LogP contribution in [-0.2, 0) is 4.79 Å². The highest BCUT2D eigenvalue weighted by Crippen LogP contribution is 2.28. The first kappa shape index (κ1) is 16.1. The Morgan fingerprint density at radius 3 is 2.77 bits per heavy atom. The smallest absolute Gasteiger partial charge is 0.326 e. The van der Waals surface area contributed by atoms with Gasteiger partial charge in [0.1, 0.15) is 12.1 Å². The molecule has 116 valence electrons. The number of β-amino-alcohol motifs (C(OH)–C–C–N with tert-alkyl or cyclic N) is 1. The summed E-state index contributed by atoms with van der Waals surface area (Å²) in [5.74, 6) is -1.17. The van der Waals surface area contributed by atoms with Crippen molar-refractivity contribution in [3.8, 4) is 6.07 Å². The van der Waals surface area contributed by atoms with Crippen molar-refractivity contribution in [1.29, 1.82) is 5.26 Å². The number of aliphatic hydroxyl groups is 1. The van der Waals surface area contributed by atoms with Gasteiger partial charge in [-0.1, -0.05) is 11.6 Å². The molecule has 1 aromatic carbocycles. The Morgan fingerprint density at radius 2 is 2.18 bits per heavy atom. The minimum absolute atomic E-state index is 0.00411. The second-order valence-electron chi connectivity index (χ2n) is 5.04. The van der Waals surface area contributed by atoms with Gasteiger partial charge >= 0.3 is 12.0 Å². The van der Waals surface area contributed by atoms with Crippen LogP contribution in [0.1, 0.15) is 17.5 Å². The molecule has 0 aromatic heterocycles. The Balaban J connectivity index is 2.21. The predicted octanol–water partition coefficient (Wildman–Crippen LogP) is 1.57. The average Bonchev–Trinajstić information content (AvgIpc) is 2.86. The zero-order chi connectivity index (χ0) is 16.4. The molecule has 22 heavy (non-hydrogen) atoms. The maximum absolute atomic E-state index is 12.2. The molecule has 0 spiro atoms. The van der Waals surface area contributed by atoms with Gasteiger partial charge < -0.3 is 20.4 Å². The van der Waals surface area contributed by atoms with Crippen molar-refractivity contribution >= 4 is 29.3 Å². The van der Waals surface area contributed by atoms with E-state index in [1.54, 1.807) is 6.92 Å². The number of hydrogen-bond donors (Lipinski definition) is 3. The number of carbonyl (C=O) groups is 2. The molecule has 1 aliphatic rings. The van der Waals surface area contributed by atoms with Gasteiger partial charge in [0.2, 0.25) is 0 Å². The number of aliphatic carboxylic acids is 1. The van der Waals surface area contributed by atoms with E-state index in [2.05, 4.69) is 5.32 Å². The third kappa shape index (κ3) is 2.98. The monoisotopic (exact) mass is 323 g/mol. The fourth-order valence-electron chi connectivity index (χ4n) is 2.37. The average molecular weight is 324 g/mol. The number of benzene rings is 1. The standard InChI is InChI=1S/C14H14ClN3O4/c1-7-10(3-2-8(5-16)12(7)15)17-14(22)18-6-9(19)4-11(18)13(20)21/h2-3,9,11,19H,4,6H2,1H3,(H,17,22)(H,20,21)/t9-,11+/m1/s1. The summed E-state index contributed by atoms with van der Waals surface area (Å²) in [7, 11) is 0. The fraction of sp³-hybridized carbons (Fsp3) is 0.357. The van der Waals surface area contributed by atoms with Gasteiger partial charge in [0.15, 0.2) is 0 Å². The number of anilines is 1. The van der Waals surface area contributed by atoms with Crippen molar-refractivity contribution in [1.82, 2.24) is 4.90 Å². The lowest BCUT2D eigenvalue weighted by Gasteiger charge is -2.22. The summed E-state index contributed by atoms with van der Waals surface area (Å²) in [6, 6.07) is 3.23.